The lowest BCUT2D eigenvalue weighted by Gasteiger charge is -2.01. The molecule has 0 fully saturated rings. The van der Waals surface area contributed by atoms with Gasteiger partial charge in [0.2, 0.25) is 5.95 Å². The van der Waals surface area contributed by atoms with Crippen molar-refractivity contribution in [2.75, 3.05) is 5.43 Å². The van der Waals surface area contributed by atoms with Crippen LogP contribution in [0.4, 0.5) is 5.95 Å². The molecule has 1 heterocycles. The largest absolute Gasteiger partial charge is 0.288 e. The van der Waals surface area contributed by atoms with Gasteiger partial charge in [0.15, 0.2) is 0 Å². The molecule has 0 spiro atoms. The van der Waals surface area contributed by atoms with Crippen molar-refractivity contribution in [3.63, 3.8) is 0 Å². The van der Waals surface area contributed by atoms with Crippen LogP contribution >= 0.6 is 0 Å². The maximum absolute atomic E-state index is 12.1. The van der Waals surface area contributed by atoms with Crippen molar-refractivity contribution in [3.05, 3.63) is 93.9 Å². The van der Waals surface area contributed by atoms with Crippen LogP contribution in [0.2, 0.25) is 0 Å². The Hall–Kier alpha value is -3.54. The zero-order valence-electron chi connectivity index (χ0n) is 13.5. The lowest BCUT2D eigenvalue weighted by molar-refractivity contribution is 0.866. The number of hydrazone groups is 1. The minimum atomic E-state index is -0.281. The summed E-state index contributed by atoms with van der Waals surface area (Å²) in [6.07, 6.45) is 5.72. The number of nitrogens with zero attached hydrogens (tertiary/aromatic N) is 3. The van der Waals surface area contributed by atoms with E-state index in [4.69, 9.17) is 0 Å². The van der Waals surface area contributed by atoms with Gasteiger partial charge >= 0.3 is 0 Å². The van der Waals surface area contributed by atoms with Crippen LogP contribution in [0.15, 0.2) is 76.6 Å². The molecule has 0 atom stereocenters. The van der Waals surface area contributed by atoms with Crippen LogP contribution in [-0.4, -0.2) is 21.4 Å². The fraction of sp³-hybridized carbons (Fsp3) is 0.0526. The first-order valence-corrected chi connectivity index (χ1v) is 7.82. The highest BCUT2D eigenvalue weighted by molar-refractivity contribution is 5.78. The third kappa shape index (κ3) is 4.97. The number of nitrogens with one attached hydrogen (secondary N) is 2. The monoisotopic (exact) mass is 331 g/mol. The number of allylic oxidation sites excluding steroid dienone is 1. The maximum Gasteiger partial charge on any atom is 0.274 e. The van der Waals surface area contributed by atoms with Crippen LogP contribution in [0.5, 0.6) is 0 Å². The highest BCUT2D eigenvalue weighted by Gasteiger charge is 2.05. The van der Waals surface area contributed by atoms with Crippen molar-refractivity contribution in [1.29, 1.82) is 0 Å². The van der Waals surface area contributed by atoms with Gasteiger partial charge in [-0.15, -0.1) is 10.2 Å². The highest BCUT2D eigenvalue weighted by atomic mass is 16.1. The summed E-state index contributed by atoms with van der Waals surface area (Å²) < 4.78 is 0. The van der Waals surface area contributed by atoms with Crippen molar-refractivity contribution < 1.29 is 0 Å². The zero-order valence-corrected chi connectivity index (χ0v) is 13.5. The molecule has 0 unspecified atom stereocenters. The molecule has 124 valence electrons. The fourth-order valence-corrected chi connectivity index (χ4v) is 2.18. The van der Waals surface area contributed by atoms with Gasteiger partial charge in [-0.1, -0.05) is 66.7 Å². The molecule has 1 aromatic heterocycles. The summed E-state index contributed by atoms with van der Waals surface area (Å²) in [5, 5.41) is 11.9. The van der Waals surface area contributed by atoms with Gasteiger partial charge in [-0.25, -0.2) is 5.43 Å². The molecule has 0 saturated carbocycles. The third-order valence-corrected chi connectivity index (χ3v) is 3.40. The minimum Gasteiger partial charge on any atom is -0.288 e. The number of H-pyrrole nitrogens is 1. The van der Waals surface area contributed by atoms with E-state index in [1.165, 1.54) is 0 Å². The smallest absolute Gasteiger partial charge is 0.274 e. The van der Waals surface area contributed by atoms with Gasteiger partial charge in [0.1, 0.15) is 5.69 Å². The Morgan fingerprint density at radius 3 is 2.44 bits per heavy atom. The first-order valence-electron chi connectivity index (χ1n) is 7.82. The predicted molar refractivity (Wildman–Crippen MR) is 99.5 cm³/mol. The molecule has 0 aliphatic heterocycles. The molecule has 2 N–H and O–H groups in total. The Morgan fingerprint density at radius 2 is 1.72 bits per heavy atom. The van der Waals surface area contributed by atoms with E-state index in [0.29, 0.717) is 12.1 Å². The van der Waals surface area contributed by atoms with Crippen molar-refractivity contribution in [2.24, 2.45) is 5.10 Å². The van der Waals surface area contributed by atoms with Crippen molar-refractivity contribution >= 4 is 18.2 Å². The van der Waals surface area contributed by atoms with Crippen molar-refractivity contribution in [3.8, 4) is 0 Å². The van der Waals surface area contributed by atoms with Crippen LogP contribution < -0.4 is 11.0 Å². The topological polar surface area (TPSA) is 83.0 Å². The molecule has 0 amide bonds. The summed E-state index contributed by atoms with van der Waals surface area (Å²) in [7, 11) is 0. The fourth-order valence-electron chi connectivity index (χ4n) is 2.18. The van der Waals surface area contributed by atoms with Gasteiger partial charge in [-0.3, -0.25) is 9.78 Å². The second kappa shape index (κ2) is 8.35. The number of aromatic nitrogens is 3. The quantitative estimate of drug-likeness (QED) is 0.537. The number of hydrogen-bond donors (Lipinski definition) is 2. The summed E-state index contributed by atoms with van der Waals surface area (Å²) >= 11 is 0. The Bertz CT molecular complexity index is 917. The second-order valence-electron chi connectivity index (χ2n) is 5.27. The summed E-state index contributed by atoms with van der Waals surface area (Å²) in [6.45, 7) is 0. The number of benzene rings is 2. The van der Waals surface area contributed by atoms with Gasteiger partial charge in [-0.05, 0) is 17.2 Å². The Balaban J connectivity index is 1.58. The van der Waals surface area contributed by atoms with Gasteiger partial charge in [0, 0.05) is 12.6 Å². The van der Waals surface area contributed by atoms with Gasteiger partial charge < -0.3 is 0 Å². The molecular weight excluding hydrogens is 314 g/mol. The molecule has 25 heavy (non-hydrogen) atoms. The van der Waals surface area contributed by atoms with Crippen LogP contribution in [0, 0.1) is 0 Å². The summed E-state index contributed by atoms with van der Waals surface area (Å²) in [6, 6.07) is 19.5. The van der Waals surface area contributed by atoms with Crippen LogP contribution in [0.1, 0.15) is 16.8 Å². The van der Waals surface area contributed by atoms with E-state index in [9.17, 15) is 4.79 Å². The van der Waals surface area contributed by atoms with E-state index in [1.807, 2.05) is 66.7 Å². The molecule has 3 aromatic rings. The molecular formula is C19H17N5O. The third-order valence-electron chi connectivity index (χ3n) is 3.40. The molecule has 6 nitrogen and oxygen atoms in total. The first-order chi connectivity index (χ1) is 12.3. The summed E-state index contributed by atoms with van der Waals surface area (Å²) in [5.74, 6) is 0.200. The van der Waals surface area contributed by atoms with E-state index in [0.717, 1.165) is 11.1 Å². The Kier molecular flexibility index (Phi) is 5.45. The van der Waals surface area contributed by atoms with E-state index in [-0.39, 0.29) is 11.5 Å². The average molecular weight is 331 g/mol. The molecule has 0 aliphatic rings. The molecule has 0 saturated heterocycles. The maximum atomic E-state index is 12.1. The normalized spacial score (nSPS) is 11.2. The minimum absolute atomic E-state index is 0.200. The van der Waals surface area contributed by atoms with Gasteiger partial charge in [0.25, 0.3) is 5.56 Å². The number of hydrogen-bond acceptors (Lipinski definition) is 5. The average Bonchev–Trinajstić information content (AvgIpc) is 2.65. The van der Waals surface area contributed by atoms with E-state index in [1.54, 1.807) is 12.3 Å². The summed E-state index contributed by atoms with van der Waals surface area (Å²) in [4.78, 5) is 14.7. The lowest BCUT2D eigenvalue weighted by atomic mass is 10.1. The predicted octanol–water partition coefficient (Wildman–Crippen LogP) is 2.87. The number of rotatable bonds is 6. The van der Waals surface area contributed by atoms with E-state index < -0.39 is 0 Å². The second-order valence-corrected chi connectivity index (χ2v) is 5.27. The standard InChI is InChI=1S/C19H17N5O/c25-18-17(14-16-10-5-2-6-11-16)22-24-19(21-18)23-20-13-7-12-15-8-3-1-4-9-15/h1-13H,14H2,(H2,21,23,24,25). The van der Waals surface area contributed by atoms with Crippen LogP contribution in [0.3, 0.4) is 0 Å². The molecule has 2 aromatic carbocycles. The van der Waals surface area contributed by atoms with Crippen LogP contribution in [-0.2, 0) is 6.42 Å². The highest BCUT2D eigenvalue weighted by Crippen LogP contribution is 2.03. The van der Waals surface area contributed by atoms with E-state index >= 15 is 0 Å². The van der Waals surface area contributed by atoms with Gasteiger partial charge in [0.05, 0.1) is 0 Å². The van der Waals surface area contributed by atoms with Crippen molar-refractivity contribution in [2.45, 2.75) is 6.42 Å². The molecule has 0 radical (unpaired) electrons. The Morgan fingerprint density at radius 1 is 1.00 bits per heavy atom. The van der Waals surface area contributed by atoms with Crippen molar-refractivity contribution in [1.82, 2.24) is 15.2 Å². The molecule has 0 bridgehead atoms. The number of aromatic amines is 1. The SMILES string of the molecule is O=c1[nH]c(NN=CC=Cc2ccccc2)nnc1Cc1ccccc1. The molecule has 3 rings (SSSR count). The number of anilines is 1. The first kappa shape index (κ1) is 16.3. The molecule has 0 aliphatic carbocycles. The Labute approximate surface area is 145 Å². The van der Waals surface area contributed by atoms with Gasteiger partial charge in [-0.2, -0.15) is 5.10 Å². The molecule has 6 heteroatoms. The zero-order chi connectivity index (χ0) is 17.3. The van der Waals surface area contributed by atoms with E-state index in [2.05, 4.69) is 25.7 Å². The van der Waals surface area contributed by atoms with Crippen LogP contribution in [0.25, 0.3) is 6.08 Å². The summed E-state index contributed by atoms with van der Waals surface area (Å²) in [5.41, 5.74) is 4.82. The lowest BCUT2D eigenvalue weighted by Crippen LogP contribution is -2.18.